The number of allylic oxidation sites excluding steroid dienone is 1. The maximum atomic E-state index is 12.3. The van der Waals surface area contributed by atoms with Gasteiger partial charge in [-0.25, -0.2) is 0 Å². The van der Waals surface area contributed by atoms with Crippen molar-refractivity contribution in [3.63, 3.8) is 0 Å². The number of carbonyl (C=O) groups is 2. The lowest BCUT2D eigenvalue weighted by atomic mass is 10.2. The molecule has 1 heterocycles. The molecule has 0 saturated heterocycles. The maximum Gasteiger partial charge on any atom is 0.308 e. The van der Waals surface area contributed by atoms with Gasteiger partial charge in [-0.05, 0) is 35.9 Å². The van der Waals surface area contributed by atoms with Gasteiger partial charge in [-0.2, -0.15) is 4.68 Å². The van der Waals surface area contributed by atoms with Crippen molar-refractivity contribution in [1.29, 1.82) is 0 Å². The molecule has 126 valence electrons. The Kier molecular flexibility index (Phi) is 4.56. The van der Waals surface area contributed by atoms with Crippen molar-refractivity contribution in [3.8, 4) is 11.5 Å². The molecular formula is C18H15N3O4. The van der Waals surface area contributed by atoms with E-state index in [1.54, 1.807) is 36.4 Å². The normalized spacial score (nSPS) is 11.0. The molecule has 7 nitrogen and oxygen atoms in total. The standard InChI is InChI=1S/C18H15N3O4/c1-12(22)25-17-11-13(7-9-16(17)24-2)8-10-18(23)21-15-6-4-3-5-14(15)19-20-21/h3-11H,1-2H3. The Bertz CT molecular complexity index is 975. The van der Waals surface area contributed by atoms with Gasteiger partial charge in [-0.3, -0.25) is 9.59 Å². The molecule has 7 heteroatoms. The van der Waals surface area contributed by atoms with Crippen LogP contribution in [0.15, 0.2) is 48.5 Å². The Balaban J connectivity index is 1.86. The van der Waals surface area contributed by atoms with Crippen molar-refractivity contribution in [2.45, 2.75) is 6.92 Å². The largest absolute Gasteiger partial charge is 0.493 e. The highest BCUT2D eigenvalue weighted by atomic mass is 16.6. The summed E-state index contributed by atoms with van der Waals surface area (Å²) in [6.45, 7) is 1.31. The third-order valence-corrected chi connectivity index (χ3v) is 3.42. The molecule has 0 atom stereocenters. The quantitative estimate of drug-likeness (QED) is 0.413. The molecule has 0 amide bonds. The molecule has 0 aliphatic carbocycles. The van der Waals surface area contributed by atoms with E-state index in [2.05, 4.69) is 10.3 Å². The molecule has 1 aromatic heterocycles. The van der Waals surface area contributed by atoms with Crippen LogP contribution in [0.2, 0.25) is 0 Å². The average Bonchev–Trinajstić information content (AvgIpc) is 3.03. The van der Waals surface area contributed by atoms with Crippen molar-refractivity contribution in [2.24, 2.45) is 0 Å². The first kappa shape index (κ1) is 16.4. The SMILES string of the molecule is COc1ccc(C=CC(=O)n2nnc3ccccc32)cc1OC(C)=O. The van der Waals surface area contributed by atoms with Gasteiger partial charge in [-0.15, -0.1) is 5.10 Å². The molecule has 25 heavy (non-hydrogen) atoms. The molecule has 0 aliphatic rings. The molecule has 3 rings (SSSR count). The number of para-hydroxylation sites is 1. The third kappa shape index (κ3) is 3.55. The number of hydrogen-bond donors (Lipinski definition) is 0. The minimum absolute atomic E-state index is 0.288. The van der Waals surface area contributed by atoms with Crippen LogP contribution < -0.4 is 9.47 Å². The Labute approximate surface area is 143 Å². The summed E-state index contributed by atoms with van der Waals surface area (Å²) in [5.41, 5.74) is 1.95. The first-order chi connectivity index (χ1) is 12.1. The van der Waals surface area contributed by atoms with Gasteiger partial charge in [-0.1, -0.05) is 23.4 Å². The van der Waals surface area contributed by atoms with Gasteiger partial charge in [0.1, 0.15) is 5.52 Å². The van der Waals surface area contributed by atoms with E-state index in [9.17, 15) is 9.59 Å². The van der Waals surface area contributed by atoms with Crippen LogP contribution in [-0.2, 0) is 4.79 Å². The van der Waals surface area contributed by atoms with E-state index in [4.69, 9.17) is 9.47 Å². The van der Waals surface area contributed by atoms with Crippen LogP contribution in [0.25, 0.3) is 17.1 Å². The molecule has 2 aromatic carbocycles. The Morgan fingerprint density at radius 3 is 2.68 bits per heavy atom. The van der Waals surface area contributed by atoms with Gasteiger partial charge < -0.3 is 9.47 Å². The summed E-state index contributed by atoms with van der Waals surface area (Å²) in [5.74, 6) is -0.0695. The van der Waals surface area contributed by atoms with Gasteiger partial charge in [0.2, 0.25) is 0 Å². The molecule has 0 unspecified atom stereocenters. The minimum Gasteiger partial charge on any atom is -0.493 e. The molecule has 0 aliphatic heterocycles. The first-order valence-electron chi connectivity index (χ1n) is 7.48. The van der Waals surface area contributed by atoms with Gasteiger partial charge in [0.05, 0.1) is 12.6 Å². The van der Waals surface area contributed by atoms with Crippen LogP contribution in [0.4, 0.5) is 0 Å². The number of carbonyl (C=O) groups excluding carboxylic acids is 2. The number of ether oxygens (including phenoxy) is 2. The second-order valence-corrected chi connectivity index (χ2v) is 5.17. The highest BCUT2D eigenvalue weighted by Gasteiger charge is 2.10. The highest BCUT2D eigenvalue weighted by molar-refractivity contribution is 5.98. The summed E-state index contributed by atoms with van der Waals surface area (Å²) in [5, 5.41) is 7.82. The van der Waals surface area contributed by atoms with Crippen molar-refractivity contribution in [1.82, 2.24) is 15.0 Å². The summed E-state index contributed by atoms with van der Waals surface area (Å²) in [6, 6.07) is 12.2. The molecule has 0 bridgehead atoms. The van der Waals surface area contributed by atoms with Gasteiger partial charge >= 0.3 is 5.97 Å². The summed E-state index contributed by atoms with van der Waals surface area (Å²) < 4.78 is 11.5. The van der Waals surface area contributed by atoms with Crippen molar-refractivity contribution in [2.75, 3.05) is 7.11 Å². The van der Waals surface area contributed by atoms with E-state index in [0.29, 0.717) is 22.3 Å². The number of hydrogen-bond acceptors (Lipinski definition) is 6. The molecule has 0 spiro atoms. The predicted octanol–water partition coefficient (Wildman–Crippen LogP) is 2.72. The molecule has 0 N–H and O–H groups in total. The summed E-state index contributed by atoms with van der Waals surface area (Å²) >= 11 is 0. The lowest BCUT2D eigenvalue weighted by Gasteiger charge is -2.08. The molecule has 0 saturated carbocycles. The van der Waals surface area contributed by atoms with Crippen LogP contribution in [0.5, 0.6) is 11.5 Å². The van der Waals surface area contributed by atoms with Crippen LogP contribution >= 0.6 is 0 Å². The smallest absolute Gasteiger partial charge is 0.308 e. The summed E-state index contributed by atoms with van der Waals surface area (Å²) in [6.07, 6.45) is 2.98. The van der Waals surface area contributed by atoms with E-state index < -0.39 is 5.97 Å². The van der Waals surface area contributed by atoms with E-state index >= 15 is 0 Å². The topological polar surface area (TPSA) is 83.3 Å². The average molecular weight is 337 g/mol. The number of methoxy groups -OCH3 is 1. The number of benzene rings is 2. The van der Waals surface area contributed by atoms with Crippen LogP contribution in [-0.4, -0.2) is 34.0 Å². The van der Waals surface area contributed by atoms with Gasteiger partial charge in [0, 0.05) is 13.0 Å². The van der Waals surface area contributed by atoms with Crippen LogP contribution in [0.1, 0.15) is 17.3 Å². The maximum absolute atomic E-state index is 12.3. The zero-order valence-corrected chi connectivity index (χ0v) is 13.7. The fourth-order valence-electron chi connectivity index (χ4n) is 2.30. The second kappa shape index (κ2) is 6.96. The van der Waals surface area contributed by atoms with E-state index in [-0.39, 0.29) is 11.7 Å². The molecule has 3 aromatic rings. The monoisotopic (exact) mass is 337 g/mol. The second-order valence-electron chi connectivity index (χ2n) is 5.17. The number of aromatic nitrogens is 3. The Morgan fingerprint density at radius 1 is 1.12 bits per heavy atom. The number of nitrogens with zero attached hydrogens (tertiary/aromatic N) is 3. The molecule has 0 fully saturated rings. The van der Waals surface area contributed by atoms with Crippen LogP contribution in [0.3, 0.4) is 0 Å². The summed E-state index contributed by atoms with van der Waals surface area (Å²) in [4.78, 5) is 23.5. The van der Waals surface area contributed by atoms with Crippen molar-refractivity contribution < 1.29 is 19.1 Å². The Hall–Kier alpha value is -3.48. The lowest BCUT2D eigenvalue weighted by Crippen LogP contribution is -2.09. The van der Waals surface area contributed by atoms with Crippen LogP contribution in [0, 0.1) is 0 Å². The van der Waals surface area contributed by atoms with Crippen molar-refractivity contribution >= 4 is 29.0 Å². The number of esters is 1. The third-order valence-electron chi connectivity index (χ3n) is 3.42. The van der Waals surface area contributed by atoms with E-state index in [1.807, 2.05) is 12.1 Å². The predicted molar refractivity (Wildman–Crippen MR) is 91.5 cm³/mol. The lowest BCUT2D eigenvalue weighted by molar-refractivity contribution is -0.132. The van der Waals surface area contributed by atoms with Crippen molar-refractivity contribution in [3.05, 3.63) is 54.1 Å². The zero-order valence-electron chi connectivity index (χ0n) is 13.7. The number of fused-ring (bicyclic) bond motifs is 1. The fourth-order valence-corrected chi connectivity index (χ4v) is 2.30. The zero-order chi connectivity index (χ0) is 17.8. The molecular weight excluding hydrogens is 322 g/mol. The number of rotatable bonds is 4. The highest BCUT2D eigenvalue weighted by Crippen LogP contribution is 2.28. The first-order valence-corrected chi connectivity index (χ1v) is 7.48. The fraction of sp³-hybridized carbons (Fsp3) is 0.111. The van der Waals surface area contributed by atoms with E-state index in [1.165, 1.54) is 24.8 Å². The molecule has 0 radical (unpaired) electrons. The minimum atomic E-state index is -0.454. The summed E-state index contributed by atoms with van der Waals surface area (Å²) in [7, 11) is 1.48. The van der Waals surface area contributed by atoms with Gasteiger partial charge in [0.15, 0.2) is 11.5 Å². The Morgan fingerprint density at radius 2 is 1.92 bits per heavy atom. The van der Waals surface area contributed by atoms with E-state index in [0.717, 1.165) is 0 Å². The van der Waals surface area contributed by atoms with Gasteiger partial charge in [0.25, 0.3) is 5.91 Å².